The van der Waals surface area contributed by atoms with Crippen LogP contribution in [0.25, 0.3) is 0 Å². The third-order valence-electron chi connectivity index (χ3n) is 6.76. The molecule has 1 saturated carbocycles. The maximum atomic E-state index is 13.7. The van der Waals surface area contributed by atoms with Gasteiger partial charge in [-0.05, 0) is 45.4 Å². The highest BCUT2D eigenvalue weighted by molar-refractivity contribution is 6.42. The Morgan fingerprint density at radius 1 is 1.19 bits per heavy atom. The Bertz CT molecular complexity index is 976. The first kappa shape index (κ1) is 21.9. The van der Waals surface area contributed by atoms with E-state index in [4.69, 9.17) is 32.7 Å². The van der Waals surface area contributed by atoms with Crippen molar-refractivity contribution in [2.45, 2.75) is 51.7 Å². The summed E-state index contributed by atoms with van der Waals surface area (Å²) in [6.07, 6.45) is 3.13. The van der Waals surface area contributed by atoms with Crippen molar-refractivity contribution in [3.63, 3.8) is 0 Å². The summed E-state index contributed by atoms with van der Waals surface area (Å²) >= 11 is 12.8. The molecular formula is C22H28Cl2N4O4. The van der Waals surface area contributed by atoms with E-state index in [-0.39, 0.29) is 34.8 Å². The molecule has 5 rings (SSSR count). The van der Waals surface area contributed by atoms with Gasteiger partial charge in [0.25, 0.3) is 5.91 Å². The molecule has 1 aromatic rings. The zero-order chi connectivity index (χ0) is 22.8. The zero-order valence-corrected chi connectivity index (χ0v) is 20.1. The smallest absolute Gasteiger partial charge is 0.410 e. The van der Waals surface area contributed by atoms with E-state index < -0.39 is 5.60 Å². The third-order valence-corrected chi connectivity index (χ3v) is 7.48. The van der Waals surface area contributed by atoms with Crippen molar-refractivity contribution in [2.75, 3.05) is 44.2 Å². The first-order chi connectivity index (χ1) is 15.1. The fraction of sp³-hybridized carbons (Fsp3) is 0.682. The van der Waals surface area contributed by atoms with Crippen LogP contribution in [0.2, 0.25) is 10.2 Å². The van der Waals surface area contributed by atoms with Gasteiger partial charge in [0.1, 0.15) is 28.6 Å². The minimum absolute atomic E-state index is 0.139. The third kappa shape index (κ3) is 3.85. The molecule has 174 valence electrons. The molecule has 1 atom stereocenters. The zero-order valence-electron chi connectivity index (χ0n) is 18.6. The van der Waals surface area contributed by atoms with Crippen LogP contribution in [0.15, 0.2) is 0 Å². The maximum absolute atomic E-state index is 13.7. The monoisotopic (exact) mass is 482 g/mol. The number of amides is 2. The van der Waals surface area contributed by atoms with Gasteiger partial charge < -0.3 is 24.2 Å². The number of anilines is 1. The van der Waals surface area contributed by atoms with Gasteiger partial charge >= 0.3 is 6.09 Å². The Labute approximate surface area is 197 Å². The topological polar surface area (TPSA) is 75.2 Å². The highest BCUT2D eigenvalue weighted by Crippen LogP contribution is 2.54. The van der Waals surface area contributed by atoms with E-state index in [1.54, 1.807) is 9.80 Å². The molecular weight excluding hydrogens is 455 g/mol. The molecule has 8 nitrogen and oxygen atoms in total. The number of hydrogen-bond donors (Lipinski definition) is 0. The molecule has 0 aromatic carbocycles. The molecule has 0 bridgehead atoms. The van der Waals surface area contributed by atoms with Gasteiger partial charge in [-0.15, -0.1) is 0 Å². The average molecular weight is 483 g/mol. The first-order valence-corrected chi connectivity index (χ1v) is 11.9. The number of carbonyl (C=O) groups is 2. The summed E-state index contributed by atoms with van der Waals surface area (Å²) in [6.45, 7) is 8.52. The quantitative estimate of drug-likeness (QED) is 0.566. The number of carbonyl (C=O) groups excluding carboxylic acids is 2. The number of aromatic nitrogens is 1. The molecule has 4 heterocycles. The van der Waals surface area contributed by atoms with Gasteiger partial charge in [0.15, 0.2) is 10.9 Å². The second-order valence-electron chi connectivity index (χ2n) is 10.3. The summed E-state index contributed by atoms with van der Waals surface area (Å²) in [5.74, 6) is 0.671. The van der Waals surface area contributed by atoms with Crippen LogP contribution in [-0.4, -0.2) is 77.8 Å². The minimum atomic E-state index is -0.584. The number of nitrogens with zero attached hydrogens (tertiary/aromatic N) is 4. The lowest BCUT2D eigenvalue weighted by Crippen LogP contribution is -2.58. The number of ether oxygens (including phenoxy) is 2. The Morgan fingerprint density at radius 2 is 1.94 bits per heavy atom. The molecule has 1 aromatic heterocycles. The number of hydrogen-bond acceptors (Lipinski definition) is 6. The molecule has 0 radical (unpaired) electrons. The van der Waals surface area contributed by atoms with Crippen LogP contribution in [0, 0.1) is 5.41 Å². The molecule has 1 aliphatic carbocycles. The lowest BCUT2D eigenvalue weighted by atomic mass is 10.1. The molecule has 32 heavy (non-hydrogen) atoms. The number of piperazine rings is 1. The summed E-state index contributed by atoms with van der Waals surface area (Å²) in [5.41, 5.74) is 0.154. The second-order valence-corrected chi connectivity index (χ2v) is 11.0. The molecule has 2 amide bonds. The summed E-state index contributed by atoms with van der Waals surface area (Å²) in [5, 5.41) is 0.295. The van der Waals surface area contributed by atoms with E-state index >= 15 is 0 Å². The van der Waals surface area contributed by atoms with Gasteiger partial charge in [-0.1, -0.05) is 23.2 Å². The Hall–Kier alpha value is -1.93. The Balaban J connectivity index is 1.43. The van der Waals surface area contributed by atoms with E-state index in [1.807, 2.05) is 20.8 Å². The molecule has 0 N–H and O–H groups in total. The van der Waals surface area contributed by atoms with E-state index in [9.17, 15) is 9.59 Å². The van der Waals surface area contributed by atoms with Crippen molar-refractivity contribution in [2.24, 2.45) is 5.41 Å². The van der Waals surface area contributed by atoms with Gasteiger partial charge in [-0.25, -0.2) is 9.78 Å². The summed E-state index contributed by atoms with van der Waals surface area (Å²) in [6, 6.07) is -0.313. The van der Waals surface area contributed by atoms with Gasteiger partial charge in [0.2, 0.25) is 0 Å². The van der Waals surface area contributed by atoms with E-state index in [0.717, 1.165) is 19.5 Å². The fourth-order valence-corrected chi connectivity index (χ4v) is 5.20. The summed E-state index contributed by atoms with van der Waals surface area (Å²) in [7, 11) is 0. The number of fused-ring (bicyclic) bond motifs is 2. The van der Waals surface area contributed by atoms with Crippen LogP contribution in [0.4, 0.5) is 10.6 Å². The van der Waals surface area contributed by atoms with Crippen LogP contribution in [0.1, 0.15) is 50.4 Å². The molecule has 3 aliphatic heterocycles. The number of rotatable bonds is 1. The first-order valence-electron chi connectivity index (χ1n) is 11.1. The van der Waals surface area contributed by atoms with Crippen molar-refractivity contribution >= 4 is 41.0 Å². The van der Waals surface area contributed by atoms with Crippen molar-refractivity contribution in [3.05, 3.63) is 15.7 Å². The Kier molecular flexibility index (Phi) is 5.17. The van der Waals surface area contributed by atoms with Crippen LogP contribution in [-0.2, 0) is 4.74 Å². The van der Waals surface area contributed by atoms with E-state index in [2.05, 4.69) is 9.88 Å². The number of pyridine rings is 1. The predicted octanol–water partition coefficient (Wildman–Crippen LogP) is 3.83. The van der Waals surface area contributed by atoms with Crippen LogP contribution < -0.4 is 9.64 Å². The van der Waals surface area contributed by atoms with Crippen molar-refractivity contribution in [1.82, 2.24) is 14.8 Å². The van der Waals surface area contributed by atoms with E-state index in [0.29, 0.717) is 42.2 Å². The standard InChI is InChI=1S/C22H28Cl2N4O4/c1-21(2,3)32-20(30)26-8-9-28-13(10-26)11-31-16-14(19(28)29)18(25-17(24)15(16)23)27-7-6-22(12-27)4-5-22/h13H,4-12H2,1-3H3. The van der Waals surface area contributed by atoms with Gasteiger partial charge in [0.05, 0.1) is 6.04 Å². The van der Waals surface area contributed by atoms with E-state index in [1.165, 1.54) is 12.8 Å². The van der Waals surface area contributed by atoms with Crippen molar-refractivity contribution < 1.29 is 19.1 Å². The fourth-order valence-electron chi connectivity index (χ4n) is 4.84. The van der Waals surface area contributed by atoms with Crippen LogP contribution in [0.5, 0.6) is 5.75 Å². The molecule has 10 heteroatoms. The van der Waals surface area contributed by atoms with Gasteiger partial charge in [0, 0.05) is 32.7 Å². The minimum Gasteiger partial charge on any atom is -0.489 e. The van der Waals surface area contributed by atoms with Crippen molar-refractivity contribution in [1.29, 1.82) is 0 Å². The molecule has 3 fully saturated rings. The average Bonchev–Trinajstić information content (AvgIpc) is 3.38. The molecule has 1 unspecified atom stereocenters. The molecule has 1 spiro atoms. The van der Waals surface area contributed by atoms with Crippen molar-refractivity contribution in [3.8, 4) is 5.75 Å². The maximum Gasteiger partial charge on any atom is 0.410 e. The molecule has 2 saturated heterocycles. The van der Waals surface area contributed by atoms with Gasteiger partial charge in [-0.3, -0.25) is 4.79 Å². The lowest BCUT2D eigenvalue weighted by Gasteiger charge is -2.40. The second kappa shape index (κ2) is 7.55. The van der Waals surface area contributed by atoms with Crippen LogP contribution in [0.3, 0.4) is 0 Å². The highest BCUT2D eigenvalue weighted by Gasteiger charge is 2.49. The predicted molar refractivity (Wildman–Crippen MR) is 121 cm³/mol. The highest BCUT2D eigenvalue weighted by atomic mass is 35.5. The summed E-state index contributed by atoms with van der Waals surface area (Å²) < 4.78 is 11.6. The Morgan fingerprint density at radius 3 is 2.59 bits per heavy atom. The number of halogens is 2. The summed E-state index contributed by atoms with van der Waals surface area (Å²) in [4.78, 5) is 36.4. The van der Waals surface area contributed by atoms with Gasteiger partial charge in [-0.2, -0.15) is 0 Å². The molecule has 4 aliphatic rings. The SMILES string of the molecule is CC(C)(C)OC(=O)N1CCN2C(=O)c3c(N4CCC5(CC5)C4)nc(Cl)c(Cl)c3OCC2C1. The largest absolute Gasteiger partial charge is 0.489 e. The van der Waals surface area contributed by atoms with Crippen LogP contribution >= 0.6 is 23.2 Å². The normalized spacial score (nSPS) is 24.1. The lowest BCUT2D eigenvalue weighted by molar-refractivity contribution is 0.000956.